The number of halogens is 6. The van der Waals surface area contributed by atoms with E-state index in [2.05, 4.69) is 10.1 Å². The predicted molar refractivity (Wildman–Crippen MR) is 129 cm³/mol. The maximum absolute atomic E-state index is 14.2. The number of hydrogen-bond donors (Lipinski definition) is 0. The van der Waals surface area contributed by atoms with Crippen molar-refractivity contribution in [2.45, 2.75) is 0 Å². The second kappa shape index (κ2) is 9.73. The number of aromatic nitrogens is 1. The number of benzene rings is 3. The van der Waals surface area contributed by atoms with Gasteiger partial charge in [0.15, 0.2) is 5.82 Å². The SMILES string of the molecule is Fc1ccc(N=c2scc(-c3ccc(Cl)cc3Cl)n2/N=C\c2ccc(Cl)cc2Cl)c(F)c1. The van der Waals surface area contributed by atoms with Crippen LogP contribution in [0.5, 0.6) is 0 Å². The summed E-state index contributed by atoms with van der Waals surface area (Å²) in [6.45, 7) is 0. The van der Waals surface area contributed by atoms with E-state index in [1.54, 1.807) is 41.8 Å². The average molecular weight is 529 g/mol. The number of rotatable bonds is 4. The lowest BCUT2D eigenvalue weighted by molar-refractivity contribution is 0.584. The molecule has 3 nitrogen and oxygen atoms in total. The standard InChI is InChI=1S/C22H11Cl4F2N3S/c23-13-2-1-12(17(25)7-13)10-29-31-21(16-5-3-14(24)8-18(16)26)11-32-22(31)30-20-6-4-15(27)9-19(20)28/h1-11H/b29-10-,30-22?. The molecular formula is C22H11Cl4F2N3S. The fraction of sp³-hybridized carbons (Fsp3) is 0. The van der Waals surface area contributed by atoms with Crippen LogP contribution in [0.3, 0.4) is 0 Å². The first-order chi connectivity index (χ1) is 15.3. The highest BCUT2D eigenvalue weighted by Crippen LogP contribution is 2.31. The van der Waals surface area contributed by atoms with Gasteiger partial charge in [0.2, 0.25) is 4.80 Å². The summed E-state index contributed by atoms with van der Waals surface area (Å²) < 4.78 is 29.0. The van der Waals surface area contributed by atoms with Gasteiger partial charge in [-0.3, -0.25) is 0 Å². The molecule has 0 bridgehead atoms. The topological polar surface area (TPSA) is 29.6 Å². The largest absolute Gasteiger partial charge is 0.217 e. The summed E-state index contributed by atoms with van der Waals surface area (Å²) in [7, 11) is 0. The zero-order chi connectivity index (χ0) is 22.8. The normalized spacial score (nSPS) is 12.1. The molecule has 0 aliphatic carbocycles. The Morgan fingerprint density at radius 1 is 0.844 bits per heavy atom. The molecule has 32 heavy (non-hydrogen) atoms. The third-order valence-electron chi connectivity index (χ3n) is 4.29. The van der Waals surface area contributed by atoms with Crippen molar-refractivity contribution in [1.29, 1.82) is 0 Å². The molecule has 3 aromatic carbocycles. The molecule has 4 rings (SSSR count). The molecule has 0 aliphatic heterocycles. The van der Waals surface area contributed by atoms with E-state index in [4.69, 9.17) is 46.4 Å². The van der Waals surface area contributed by atoms with E-state index in [-0.39, 0.29) is 5.69 Å². The van der Waals surface area contributed by atoms with E-state index in [1.807, 2.05) is 0 Å². The summed E-state index contributed by atoms with van der Waals surface area (Å²) >= 11 is 25.8. The minimum Gasteiger partial charge on any atom is -0.217 e. The van der Waals surface area contributed by atoms with Crippen molar-refractivity contribution in [3.05, 3.63) is 102 Å². The number of nitrogens with zero attached hydrogens (tertiary/aromatic N) is 3. The van der Waals surface area contributed by atoms with Crippen LogP contribution >= 0.6 is 57.7 Å². The van der Waals surface area contributed by atoms with E-state index in [9.17, 15) is 8.78 Å². The summed E-state index contributed by atoms with van der Waals surface area (Å²) in [5.74, 6) is -1.48. The first-order valence-corrected chi connectivity index (χ1v) is 11.4. The Morgan fingerprint density at radius 3 is 2.25 bits per heavy atom. The highest BCUT2D eigenvalue weighted by atomic mass is 35.5. The lowest BCUT2D eigenvalue weighted by Gasteiger charge is -2.07. The average Bonchev–Trinajstić information content (AvgIpc) is 3.11. The molecule has 0 saturated carbocycles. The zero-order valence-electron chi connectivity index (χ0n) is 15.9. The second-order valence-corrected chi connectivity index (χ2v) is 8.98. The molecule has 0 fully saturated rings. The van der Waals surface area contributed by atoms with Crippen molar-refractivity contribution in [3.8, 4) is 11.3 Å². The zero-order valence-corrected chi connectivity index (χ0v) is 19.7. The Balaban J connectivity index is 1.90. The number of hydrogen-bond acceptors (Lipinski definition) is 3. The number of thiazole rings is 1. The van der Waals surface area contributed by atoms with Gasteiger partial charge in [0.1, 0.15) is 11.5 Å². The lowest BCUT2D eigenvalue weighted by Crippen LogP contribution is -2.12. The van der Waals surface area contributed by atoms with Crippen molar-refractivity contribution in [2.75, 3.05) is 0 Å². The first-order valence-electron chi connectivity index (χ1n) is 8.97. The minimum atomic E-state index is -0.791. The molecule has 1 heterocycles. The van der Waals surface area contributed by atoms with Gasteiger partial charge in [0.25, 0.3) is 0 Å². The maximum Gasteiger partial charge on any atom is 0.211 e. The van der Waals surface area contributed by atoms with Crippen LogP contribution in [0.4, 0.5) is 14.5 Å². The Bertz CT molecular complexity index is 1410. The fourth-order valence-corrected chi connectivity index (χ4v) is 4.58. The third kappa shape index (κ3) is 5.05. The van der Waals surface area contributed by atoms with Gasteiger partial charge < -0.3 is 0 Å². The lowest BCUT2D eigenvalue weighted by atomic mass is 10.2. The maximum atomic E-state index is 14.2. The van der Waals surface area contributed by atoms with Crippen molar-refractivity contribution in [3.63, 3.8) is 0 Å². The van der Waals surface area contributed by atoms with Gasteiger partial charge >= 0.3 is 0 Å². The molecular weight excluding hydrogens is 518 g/mol. The van der Waals surface area contributed by atoms with Crippen molar-refractivity contribution in [2.24, 2.45) is 10.1 Å². The summed E-state index contributed by atoms with van der Waals surface area (Å²) in [5.41, 5.74) is 1.82. The molecule has 0 amide bonds. The van der Waals surface area contributed by atoms with Gasteiger partial charge in [-0.2, -0.15) is 5.10 Å². The summed E-state index contributed by atoms with van der Waals surface area (Å²) in [6.07, 6.45) is 1.53. The summed E-state index contributed by atoms with van der Waals surface area (Å²) in [6, 6.07) is 13.2. The van der Waals surface area contributed by atoms with E-state index in [1.165, 1.54) is 28.3 Å². The van der Waals surface area contributed by atoms with Crippen LogP contribution in [-0.4, -0.2) is 10.9 Å². The third-order valence-corrected chi connectivity index (χ3v) is 6.22. The fourth-order valence-electron chi connectivity index (χ4n) is 2.77. The summed E-state index contributed by atoms with van der Waals surface area (Å²) in [5, 5.41) is 8.07. The van der Waals surface area contributed by atoms with Gasteiger partial charge in [-0.1, -0.05) is 52.5 Å². The van der Waals surface area contributed by atoms with Crippen LogP contribution in [0.1, 0.15) is 5.56 Å². The molecule has 4 aromatic rings. The highest BCUT2D eigenvalue weighted by molar-refractivity contribution is 7.07. The molecule has 0 radical (unpaired) electrons. The van der Waals surface area contributed by atoms with Crippen LogP contribution < -0.4 is 4.80 Å². The Kier molecular flexibility index (Phi) is 6.98. The molecule has 10 heteroatoms. The molecule has 0 spiro atoms. The van der Waals surface area contributed by atoms with Gasteiger partial charge in [-0.05, 0) is 42.5 Å². The smallest absolute Gasteiger partial charge is 0.211 e. The van der Waals surface area contributed by atoms with Gasteiger partial charge in [0, 0.05) is 32.6 Å². The highest BCUT2D eigenvalue weighted by Gasteiger charge is 2.13. The van der Waals surface area contributed by atoms with Crippen molar-refractivity contribution in [1.82, 2.24) is 4.68 Å². The van der Waals surface area contributed by atoms with Crippen molar-refractivity contribution < 1.29 is 8.78 Å². The second-order valence-electron chi connectivity index (χ2n) is 6.46. The van der Waals surface area contributed by atoms with Crippen LogP contribution in [0, 0.1) is 11.6 Å². The molecule has 162 valence electrons. The minimum absolute atomic E-state index is 0.0320. The van der Waals surface area contributed by atoms with Gasteiger partial charge in [0.05, 0.1) is 22.0 Å². The monoisotopic (exact) mass is 527 g/mol. The Labute approximate surface area is 205 Å². The van der Waals surface area contributed by atoms with Crippen LogP contribution in [0.2, 0.25) is 20.1 Å². The van der Waals surface area contributed by atoms with Crippen LogP contribution in [0.15, 0.2) is 70.1 Å². The Hall–Kier alpha value is -2.22. The molecule has 0 atom stereocenters. The molecule has 1 aromatic heterocycles. The van der Waals surface area contributed by atoms with Gasteiger partial charge in [-0.25, -0.2) is 18.4 Å². The van der Waals surface area contributed by atoms with E-state index in [0.29, 0.717) is 41.7 Å². The van der Waals surface area contributed by atoms with E-state index < -0.39 is 11.6 Å². The van der Waals surface area contributed by atoms with Crippen LogP contribution in [-0.2, 0) is 0 Å². The molecule has 0 aliphatic rings. The van der Waals surface area contributed by atoms with Gasteiger partial charge in [-0.15, -0.1) is 11.3 Å². The molecule has 0 unspecified atom stereocenters. The van der Waals surface area contributed by atoms with E-state index in [0.717, 1.165) is 12.1 Å². The molecule has 0 saturated heterocycles. The first kappa shape index (κ1) is 23.0. The van der Waals surface area contributed by atoms with Crippen molar-refractivity contribution >= 4 is 69.6 Å². The Morgan fingerprint density at radius 2 is 1.56 bits per heavy atom. The quantitative estimate of drug-likeness (QED) is 0.239. The summed E-state index contributed by atoms with van der Waals surface area (Å²) in [4.78, 5) is 4.66. The van der Waals surface area contributed by atoms with Crippen LogP contribution in [0.25, 0.3) is 11.3 Å². The van der Waals surface area contributed by atoms with E-state index >= 15 is 0 Å². The predicted octanol–water partition coefficient (Wildman–Crippen LogP) is 8.22. The molecule has 0 N–H and O–H groups in total.